The van der Waals surface area contributed by atoms with E-state index in [1.54, 1.807) is 12.1 Å². The Morgan fingerprint density at radius 1 is 1.03 bits per heavy atom. The van der Waals surface area contributed by atoms with Crippen molar-refractivity contribution in [2.45, 2.75) is 58.9 Å². The number of alkyl halides is 3. The Kier molecular flexibility index (Phi) is 9.14. The van der Waals surface area contributed by atoms with Gasteiger partial charge in [-0.15, -0.1) is 0 Å². The third-order valence-corrected chi connectivity index (χ3v) is 4.93. The summed E-state index contributed by atoms with van der Waals surface area (Å²) >= 11 is 0. The molecule has 0 aliphatic rings. The van der Waals surface area contributed by atoms with Gasteiger partial charge in [-0.2, -0.15) is 13.2 Å². The summed E-state index contributed by atoms with van der Waals surface area (Å²) in [6.45, 7) is 8.65. The second-order valence-corrected chi connectivity index (χ2v) is 7.82. The van der Waals surface area contributed by atoms with Crippen molar-refractivity contribution in [2.75, 3.05) is 13.2 Å². The molecular weight excluding hydrogens is 403 g/mol. The van der Waals surface area contributed by atoms with Gasteiger partial charge in [-0.3, -0.25) is 0 Å². The van der Waals surface area contributed by atoms with Gasteiger partial charge in [0.1, 0.15) is 18.5 Å². The number of benzene rings is 2. The minimum Gasteiger partial charge on any atom is -0.490 e. The molecule has 2 aromatic carbocycles. The van der Waals surface area contributed by atoms with Crippen LogP contribution in [0.25, 0.3) is 12.2 Å². The maximum atomic E-state index is 13.2. The van der Waals surface area contributed by atoms with Gasteiger partial charge in [-0.25, -0.2) is 0 Å². The van der Waals surface area contributed by atoms with Crippen LogP contribution in [0.15, 0.2) is 36.4 Å². The third kappa shape index (κ3) is 7.40. The van der Waals surface area contributed by atoms with Crippen LogP contribution in [0.5, 0.6) is 5.75 Å². The van der Waals surface area contributed by atoms with Crippen LogP contribution in [0.1, 0.15) is 55.5 Å². The Bertz CT molecular complexity index is 850. The second kappa shape index (κ2) is 11.3. The first kappa shape index (κ1) is 25.0. The number of aryl methyl sites for hydroxylation is 2. The molecule has 170 valence electrons. The summed E-state index contributed by atoms with van der Waals surface area (Å²) in [5.41, 5.74) is 2.23. The molecule has 0 bridgehead atoms. The lowest BCUT2D eigenvalue weighted by atomic mass is 9.99. The largest absolute Gasteiger partial charge is 0.490 e. The number of aliphatic hydroxyl groups is 1. The van der Waals surface area contributed by atoms with Crippen molar-refractivity contribution in [1.82, 2.24) is 5.32 Å². The Morgan fingerprint density at radius 2 is 1.65 bits per heavy atom. The van der Waals surface area contributed by atoms with Crippen LogP contribution in [-0.4, -0.2) is 30.4 Å². The molecule has 0 spiro atoms. The highest BCUT2D eigenvalue weighted by atomic mass is 19.4. The fraction of sp³-hybridized carbons (Fsp3) is 0.440. The molecule has 0 aliphatic carbocycles. The first-order chi connectivity index (χ1) is 14.7. The number of aliphatic hydroxyl groups excluding tert-OH is 1. The van der Waals surface area contributed by atoms with Crippen LogP contribution < -0.4 is 10.1 Å². The minimum atomic E-state index is -4.40. The number of halogens is 3. The fourth-order valence-electron chi connectivity index (χ4n) is 3.28. The zero-order chi connectivity index (χ0) is 23.0. The molecule has 6 heteroatoms. The summed E-state index contributed by atoms with van der Waals surface area (Å²) in [5.74, 6) is 0.751. The molecule has 0 aliphatic heterocycles. The number of nitrogens with one attached hydrogen (secondary N) is 1. The van der Waals surface area contributed by atoms with Gasteiger partial charge in [0, 0.05) is 12.6 Å². The minimum absolute atomic E-state index is 0.132. The van der Waals surface area contributed by atoms with Crippen molar-refractivity contribution >= 4 is 12.2 Å². The summed E-state index contributed by atoms with van der Waals surface area (Å²) in [7, 11) is 0. The first-order valence-electron chi connectivity index (χ1n) is 10.7. The van der Waals surface area contributed by atoms with E-state index in [9.17, 15) is 18.3 Å². The van der Waals surface area contributed by atoms with Crippen molar-refractivity contribution in [2.24, 2.45) is 0 Å². The van der Waals surface area contributed by atoms with Crippen LogP contribution >= 0.6 is 0 Å². The summed E-state index contributed by atoms with van der Waals surface area (Å²) < 4.78 is 45.7. The highest BCUT2D eigenvalue weighted by Gasteiger charge is 2.32. The maximum Gasteiger partial charge on any atom is 0.416 e. The smallest absolute Gasteiger partial charge is 0.416 e. The van der Waals surface area contributed by atoms with Gasteiger partial charge in [-0.05, 0) is 53.3 Å². The fourth-order valence-corrected chi connectivity index (χ4v) is 3.28. The molecule has 2 aromatic rings. The molecule has 0 saturated heterocycles. The topological polar surface area (TPSA) is 41.5 Å². The SMILES string of the molecule is CCc1cc(/C=C/c2ccccc2C(F)(F)F)cc(CC)c1OCC(O)CNC(C)C. The van der Waals surface area contributed by atoms with Gasteiger partial charge < -0.3 is 15.2 Å². The quantitative estimate of drug-likeness (QED) is 0.468. The van der Waals surface area contributed by atoms with Crippen molar-refractivity contribution in [3.8, 4) is 5.75 Å². The van der Waals surface area contributed by atoms with Gasteiger partial charge in [-0.1, -0.05) is 58.0 Å². The Morgan fingerprint density at radius 3 is 2.19 bits per heavy atom. The number of rotatable bonds is 10. The molecule has 1 unspecified atom stereocenters. The highest BCUT2D eigenvalue weighted by molar-refractivity contribution is 5.72. The van der Waals surface area contributed by atoms with Crippen molar-refractivity contribution < 1.29 is 23.0 Å². The van der Waals surface area contributed by atoms with Crippen LogP contribution in [-0.2, 0) is 19.0 Å². The Balaban J connectivity index is 2.25. The van der Waals surface area contributed by atoms with E-state index in [1.807, 2.05) is 39.8 Å². The molecule has 2 rings (SSSR count). The molecule has 0 radical (unpaired) electrons. The molecule has 2 N–H and O–H groups in total. The maximum absolute atomic E-state index is 13.2. The normalized spacial score (nSPS) is 13.2. The summed E-state index contributed by atoms with van der Waals surface area (Å²) in [6, 6.07) is 9.68. The zero-order valence-corrected chi connectivity index (χ0v) is 18.6. The monoisotopic (exact) mass is 435 g/mol. The van der Waals surface area contributed by atoms with Crippen LogP contribution in [0.3, 0.4) is 0 Å². The first-order valence-corrected chi connectivity index (χ1v) is 10.7. The molecule has 0 saturated carbocycles. The van der Waals surface area contributed by atoms with Crippen molar-refractivity contribution in [1.29, 1.82) is 0 Å². The van der Waals surface area contributed by atoms with Crippen molar-refractivity contribution in [3.63, 3.8) is 0 Å². The number of hydrogen-bond donors (Lipinski definition) is 2. The van der Waals surface area contributed by atoms with Gasteiger partial charge in [0.15, 0.2) is 0 Å². The Hall–Kier alpha value is -2.31. The lowest BCUT2D eigenvalue weighted by molar-refractivity contribution is -0.137. The zero-order valence-electron chi connectivity index (χ0n) is 18.6. The van der Waals surface area contributed by atoms with E-state index in [-0.39, 0.29) is 18.2 Å². The molecular formula is C25H32F3NO2. The highest BCUT2D eigenvalue weighted by Crippen LogP contribution is 2.33. The van der Waals surface area contributed by atoms with E-state index in [4.69, 9.17) is 4.74 Å². The van der Waals surface area contributed by atoms with Crippen LogP contribution in [0, 0.1) is 0 Å². The number of hydrogen-bond acceptors (Lipinski definition) is 3. The van der Waals surface area contributed by atoms with Gasteiger partial charge in [0.25, 0.3) is 0 Å². The lowest BCUT2D eigenvalue weighted by Gasteiger charge is -2.19. The summed E-state index contributed by atoms with van der Waals surface area (Å²) in [6.07, 6.45) is -0.400. The predicted molar refractivity (Wildman–Crippen MR) is 120 cm³/mol. The second-order valence-electron chi connectivity index (χ2n) is 7.82. The summed E-state index contributed by atoms with van der Waals surface area (Å²) in [5, 5.41) is 13.3. The van der Waals surface area contributed by atoms with Crippen LogP contribution in [0.2, 0.25) is 0 Å². The van der Waals surface area contributed by atoms with E-state index in [0.717, 1.165) is 28.5 Å². The lowest BCUT2D eigenvalue weighted by Crippen LogP contribution is -2.35. The average Bonchev–Trinajstić information content (AvgIpc) is 2.73. The molecule has 3 nitrogen and oxygen atoms in total. The van der Waals surface area contributed by atoms with Gasteiger partial charge >= 0.3 is 6.18 Å². The average molecular weight is 436 g/mol. The molecule has 1 atom stereocenters. The molecule has 31 heavy (non-hydrogen) atoms. The van der Waals surface area contributed by atoms with E-state index in [2.05, 4.69) is 5.32 Å². The van der Waals surface area contributed by atoms with Crippen molar-refractivity contribution in [3.05, 3.63) is 64.2 Å². The van der Waals surface area contributed by atoms with Crippen LogP contribution in [0.4, 0.5) is 13.2 Å². The molecule has 0 aromatic heterocycles. The molecule has 0 heterocycles. The van der Waals surface area contributed by atoms with Gasteiger partial charge in [0.2, 0.25) is 0 Å². The molecule has 0 amide bonds. The van der Waals surface area contributed by atoms with E-state index in [1.165, 1.54) is 18.2 Å². The number of ether oxygens (including phenoxy) is 1. The Labute approximate surface area is 182 Å². The summed E-state index contributed by atoms with van der Waals surface area (Å²) in [4.78, 5) is 0. The van der Waals surface area contributed by atoms with E-state index < -0.39 is 17.8 Å². The standard InChI is InChI=1S/C25H32F3NO2/c1-5-19-13-18(11-12-21-9-7-8-10-23(21)25(26,27)28)14-20(6-2)24(19)31-16-22(30)15-29-17(3)4/h7-14,17,22,29-30H,5-6,15-16H2,1-4H3/b12-11+. The third-order valence-electron chi connectivity index (χ3n) is 4.93. The molecule has 0 fully saturated rings. The van der Waals surface area contributed by atoms with Gasteiger partial charge in [0.05, 0.1) is 5.56 Å². The predicted octanol–water partition coefficient (Wildman–Crippen LogP) is 5.74. The van der Waals surface area contributed by atoms with E-state index >= 15 is 0 Å². The van der Waals surface area contributed by atoms with E-state index in [0.29, 0.717) is 19.4 Å².